The highest BCUT2D eigenvalue weighted by Gasteiger charge is 2.39. The van der Waals surface area contributed by atoms with Crippen molar-refractivity contribution in [3.8, 4) is 23.1 Å². The number of pyridine rings is 1. The van der Waals surface area contributed by atoms with E-state index in [-0.39, 0.29) is 29.3 Å². The number of hydrogen-bond donors (Lipinski definition) is 1. The Morgan fingerprint density at radius 3 is 2.51 bits per heavy atom. The van der Waals surface area contributed by atoms with Crippen molar-refractivity contribution in [2.75, 3.05) is 0 Å². The number of hydrogen-bond acceptors (Lipinski definition) is 8. The van der Waals surface area contributed by atoms with Crippen LogP contribution in [0.4, 0.5) is 0 Å². The third kappa shape index (κ3) is 5.64. The average molecular weight is 571 g/mol. The second-order valence-corrected chi connectivity index (χ2v) is 12.3. The van der Waals surface area contributed by atoms with E-state index >= 15 is 0 Å². The lowest BCUT2D eigenvalue weighted by Crippen LogP contribution is -2.29. The summed E-state index contributed by atoms with van der Waals surface area (Å²) in [6, 6.07) is 16.5. The summed E-state index contributed by atoms with van der Waals surface area (Å²) < 4.78 is 34.9. The van der Waals surface area contributed by atoms with Crippen LogP contribution in [0.2, 0.25) is 0 Å². The summed E-state index contributed by atoms with van der Waals surface area (Å²) in [6.07, 6.45) is 4.84. The molecule has 1 saturated carbocycles. The third-order valence-corrected chi connectivity index (χ3v) is 8.94. The van der Waals surface area contributed by atoms with Gasteiger partial charge in [0.1, 0.15) is 12.4 Å². The van der Waals surface area contributed by atoms with Gasteiger partial charge in [0.15, 0.2) is 4.90 Å². The molecule has 41 heavy (non-hydrogen) atoms. The van der Waals surface area contributed by atoms with E-state index in [0.717, 1.165) is 29.5 Å². The molecule has 1 aliphatic carbocycles. The zero-order valence-corrected chi connectivity index (χ0v) is 23.8. The molecule has 2 aromatic heterocycles. The van der Waals surface area contributed by atoms with Gasteiger partial charge in [-0.3, -0.25) is 14.3 Å². The van der Waals surface area contributed by atoms with Crippen LogP contribution in [0, 0.1) is 24.2 Å². The van der Waals surface area contributed by atoms with Crippen molar-refractivity contribution in [1.29, 1.82) is 5.26 Å². The van der Waals surface area contributed by atoms with Crippen LogP contribution in [0.15, 0.2) is 81.6 Å². The molecule has 0 radical (unpaired) electrons. The number of sulfone groups is 1. The van der Waals surface area contributed by atoms with Gasteiger partial charge >= 0.3 is 0 Å². The molecule has 2 heterocycles. The van der Waals surface area contributed by atoms with Gasteiger partial charge in [-0.05, 0) is 92.1 Å². The first-order valence-corrected chi connectivity index (χ1v) is 14.8. The normalized spacial score (nSPS) is 14.1. The Kier molecular flexibility index (Phi) is 7.76. The Bertz CT molecular complexity index is 1800. The topological polar surface area (TPSA) is 135 Å². The Labute approximate surface area is 238 Å². The van der Waals surface area contributed by atoms with Crippen LogP contribution in [-0.2, 0) is 21.2 Å². The van der Waals surface area contributed by atoms with E-state index in [2.05, 4.69) is 16.0 Å². The van der Waals surface area contributed by atoms with Crippen molar-refractivity contribution in [2.24, 2.45) is 5.92 Å². The molecule has 9 nitrogen and oxygen atoms in total. The lowest BCUT2D eigenvalue weighted by Gasteiger charge is -2.26. The monoisotopic (exact) mass is 570 g/mol. The first kappa shape index (κ1) is 28.2. The lowest BCUT2D eigenvalue weighted by molar-refractivity contribution is 0.0568. The predicted molar refractivity (Wildman–Crippen MR) is 152 cm³/mol. The Balaban J connectivity index is 1.66. The van der Waals surface area contributed by atoms with Crippen LogP contribution in [0.1, 0.15) is 55.2 Å². The molecule has 210 valence electrons. The first-order chi connectivity index (χ1) is 19.6. The second-order valence-electron chi connectivity index (χ2n) is 10.5. The van der Waals surface area contributed by atoms with Crippen LogP contribution in [0.25, 0.3) is 11.1 Å². The first-order valence-electron chi connectivity index (χ1n) is 13.3. The third-order valence-electron chi connectivity index (χ3n) is 7.15. The number of nitrogens with zero attached hydrogens (tertiary/aromatic N) is 4. The number of rotatable bonds is 9. The van der Waals surface area contributed by atoms with Crippen LogP contribution >= 0.6 is 0 Å². The molecule has 5 rings (SSSR count). The van der Waals surface area contributed by atoms with Crippen molar-refractivity contribution in [2.45, 2.75) is 62.2 Å². The van der Waals surface area contributed by atoms with E-state index in [4.69, 9.17) is 4.74 Å². The molecule has 0 bridgehead atoms. The van der Waals surface area contributed by atoms with Crippen molar-refractivity contribution < 1.29 is 18.3 Å². The number of nitriles is 1. The van der Waals surface area contributed by atoms with Crippen molar-refractivity contribution >= 4 is 9.84 Å². The van der Waals surface area contributed by atoms with Crippen molar-refractivity contribution in [3.63, 3.8) is 0 Å². The average Bonchev–Trinajstić information content (AvgIpc) is 3.79. The summed E-state index contributed by atoms with van der Waals surface area (Å²) in [5, 5.41) is 21.1. The molecule has 0 saturated heterocycles. The predicted octanol–water partition coefficient (Wildman–Crippen LogP) is 4.95. The van der Waals surface area contributed by atoms with E-state index in [9.17, 15) is 23.6 Å². The van der Waals surface area contributed by atoms with Crippen LogP contribution in [0.5, 0.6) is 5.88 Å². The van der Waals surface area contributed by atoms with Crippen LogP contribution in [0.3, 0.4) is 0 Å². The number of aryl methyl sites for hydroxylation is 1. The minimum Gasteiger partial charge on any atom is -0.493 e. The largest absolute Gasteiger partial charge is 0.493 e. The molecule has 2 aromatic carbocycles. The SMILES string of the molecule is Cc1cnccc1-c1ccc(S(=O)(=O)c2c(O)n([C@H](c3cccc(C#N)c3)C3CC3)c(COC(C)C)nc2=O)cc1. The summed E-state index contributed by atoms with van der Waals surface area (Å²) in [6.45, 7) is 5.45. The van der Waals surface area contributed by atoms with E-state index in [1.165, 1.54) is 16.7 Å². The van der Waals surface area contributed by atoms with Gasteiger partial charge in [0.2, 0.25) is 15.7 Å². The second kappa shape index (κ2) is 11.3. The van der Waals surface area contributed by atoms with Gasteiger partial charge in [0.05, 0.1) is 28.7 Å². The van der Waals surface area contributed by atoms with Gasteiger partial charge in [-0.15, -0.1) is 0 Å². The molecule has 1 aliphatic rings. The fraction of sp³-hybridized carbons (Fsp3) is 0.290. The molecule has 0 aliphatic heterocycles. The smallest absolute Gasteiger partial charge is 0.296 e. The van der Waals surface area contributed by atoms with Gasteiger partial charge in [-0.2, -0.15) is 10.2 Å². The quantitative estimate of drug-likeness (QED) is 0.299. The van der Waals surface area contributed by atoms with Crippen molar-refractivity contribution in [3.05, 3.63) is 99.9 Å². The van der Waals surface area contributed by atoms with Gasteiger partial charge in [0.25, 0.3) is 5.56 Å². The minimum absolute atomic E-state index is 0.0513. The molecule has 4 aromatic rings. The Morgan fingerprint density at radius 2 is 1.88 bits per heavy atom. The van der Waals surface area contributed by atoms with E-state index < -0.39 is 32.2 Å². The maximum absolute atomic E-state index is 13.9. The molecule has 0 amide bonds. The molecular weight excluding hydrogens is 540 g/mol. The van der Waals surface area contributed by atoms with Crippen LogP contribution < -0.4 is 5.56 Å². The van der Waals surface area contributed by atoms with Crippen LogP contribution in [-0.4, -0.2) is 34.2 Å². The van der Waals surface area contributed by atoms with Crippen molar-refractivity contribution in [1.82, 2.24) is 14.5 Å². The Morgan fingerprint density at radius 1 is 1.15 bits per heavy atom. The van der Waals surface area contributed by atoms with Gasteiger partial charge < -0.3 is 9.84 Å². The number of aromatic nitrogens is 3. The molecule has 0 spiro atoms. The van der Waals surface area contributed by atoms with Gasteiger partial charge in [-0.25, -0.2) is 8.42 Å². The molecule has 10 heteroatoms. The summed E-state index contributed by atoms with van der Waals surface area (Å²) in [4.78, 5) is 20.6. The number of ether oxygens (including phenoxy) is 1. The maximum Gasteiger partial charge on any atom is 0.296 e. The Hall–Kier alpha value is -4.33. The molecule has 1 atom stereocenters. The molecule has 0 unspecified atom stereocenters. The highest BCUT2D eigenvalue weighted by Crippen LogP contribution is 2.46. The van der Waals surface area contributed by atoms with E-state index in [1.807, 2.05) is 32.9 Å². The highest BCUT2D eigenvalue weighted by atomic mass is 32.2. The fourth-order valence-electron chi connectivity index (χ4n) is 4.98. The molecule has 1 fully saturated rings. The van der Waals surface area contributed by atoms with E-state index in [1.54, 1.807) is 42.7 Å². The standard InChI is InChI=1S/C31H30N4O5S/c1-19(2)40-18-27-34-30(36)29(31(37)35(27)28(23-7-8-23)24-6-4-5-21(15-24)16-32)41(38,39)25-11-9-22(10-12-25)26-13-14-33-17-20(26)3/h4-6,9-15,17,19,23,28,37H,7-8,18H2,1-3H3/t28-/m0/s1. The number of benzene rings is 2. The highest BCUT2D eigenvalue weighted by molar-refractivity contribution is 7.91. The van der Waals surface area contributed by atoms with E-state index in [0.29, 0.717) is 11.1 Å². The van der Waals surface area contributed by atoms with Gasteiger partial charge in [0, 0.05) is 12.4 Å². The van der Waals surface area contributed by atoms with Gasteiger partial charge in [-0.1, -0.05) is 24.3 Å². The fourth-order valence-corrected chi connectivity index (χ4v) is 6.33. The number of aromatic hydroxyl groups is 1. The maximum atomic E-state index is 13.9. The summed E-state index contributed by atoms with van der Waals surface area (Å²) in [5.41, 5.74) is 2.69. The molecule has 1 N–H and O–H groups in total. The minimum atomic E-state index is -4.47. The zero-order chi connectivity index (χ0) is 29.3. The summed E-state index contributed by atoms with van der Waals surface area (Å²) >= 11 is 0. The lowest BCUT2D eigenvalue weighted by atomic mass is 9.99. The summed E-state index contributed by atoms with van der Waals surface area (Å²) in [5.74, 6) is -0.529. The zero-order valence-electron chi connectivity index (χ0n) is 23.0. The summed E-state index contributed by atoms with van der Waals surface area (Å²) in [7, 11) is -4.47. The molecular formula is C31H30N4O5S.